The van der Waals surface area contributed by atoms with Gasteiger partial charge in [-0.3, -0.25) is 9.10 Å². The van der Waals surface area contributed by atoms with Crippen molar-refractivity contribution in [2.45, 2.75) is 0 Å². The Morgan fingerprint density at radius 3 is 2.46 bits per heavy atom. The molecular weight excluding hydrogens is 378 g/mol. The number of hydrogen-bond donors (Lipinski definition) is 1. The molecule has 2 aromatic carbocycles. The lowest BCUT2D eigenvalue weighted by molar-refractivity contribution is -0.119. The number of nitrogens with one attached hydrogen (secondary N) is 1. The van der Waals surface area contributed by atoms with Gasteiger partial charge < -0.3 is 4.74 Å². The van der Waals surface area contributed by atoms with E-state index in [1.165, 1.54) is 13.3 Å². The number of anilines is 1. The summed E-state index contributed by atoms with van der Waals surface area (Å²) in [6.45, 7) is -0.412. The van der Waals surface area contributed by atoms with Crippen LogP contribution in [0.2, 0.25) is 5.02 Å². The molecule has 1 N–H and O–H groups in total. The second kappa shape index (κ2) is 8.68. The number of hydrogen-bond acceptors (Lipinski definition) is 5. The normalized spacial score (nSPS) is 11.3. The van der Waals surface area contributed by atoms with Crippen molar-refractivity contribution in [1.82, 2.24) is 5.43 Å². The van der Waals surface area contributed by atoms with Crippen LogP contribution in [0.5, 0.6) is 5.75 Å². The quantitative estimate of drug-likeness (QED) is 0.575. The number of halogens is 1. The van der Waals surface area contributed by atoms with Crippen molar-refractivity contribution in [3.8, 4) is 5.75 Å². The lowest BCUT2D eigenvalue weighted by Crippen LogP contribution is -2.39. The zero-order chi connectivity index (χ0) is 19.2. The van der Waals surface area contributed by atoms with Crippen molar-refractivity contribution in [3.05, 3.63) is 59.1 Å². The van der Waals surface area contributed by atoms with Crippen molar-refractivity contribution in [1.29, 1.82) is 0 Å². The molecule has 0 aliphatic rings. The van der Waals surface area contributed by atoms with E-state index in [-0.39, 0.29) is 0 Å². The molecule has 0 fully saturated rings. The van der Waals surface area contributed by atoms with E-state index in [9.17, 15) is 13.2 Å². The summed E-state index contributed by atoms with van der Waals surface area (Å²) in [6.07, 6.45) is 2.41. The van der Waals surface area contributed by atoms with Crippen LogP contribution < -0.4 is 14.5 Å². The van der Waals surface area contributed by atoms with Crippen LogP contribution in [0.15, 0.2) is 53.6 Å². The number of methoxy groups -OCH3 is 1. The Morgan fingerprint density at radius 2 is 1.88 bits per heavy atom. The van der Waals surface area contributed by atoms with Crippen molar-refractivity contribution < 1.29 is 17.9 Å². The topological polar surface area (TPSA) is 88.1 Å². The van der Waals surface area contributed by atoms with Crippen molar-refractivity contribution in [3.63, 3.8) is 0 Å². The zero-order valence-electron chi connectivity index (χ0n) is 14.2. The standard InChI is InChI=1S/C17H18ClN3O4S/c1-25-15-9-7-14(8-10-15)21(26(2,23)24)12-17(22)20-19-11-13-5-3-4-6-16(13)18/h3-11H,12H2,1-2H3,(H,20,22)/b19-11+. The summed E-state index contributed by atoms with van der Waals surface area (Å²) in [5.41, 5.74) is 3.27. The molecule has 2 rings (SSSR count). The molecule has 7 nitrogen and oxygen atoms in total. The van der Waals surface area contributed by atoms with E-state index in [4.69, 9.17) is 16.3 Å². The monoisotopic (exact) mass is 395 g/mol. The van der Waals surface area contributed by atoms with Gasteiger partial charge in [-0.25, -0.2) is 13.8 Å². The third kappa shape index (κ3) is 5.47. The molecular formula is C17H18ClN3O4S. The minimum absolute atomic E-state index is 0.346. The minimum atomic E-state index is -3.66. The Bertz CT molecular complexity index is 898. The van der Waals surface area contributed by atoms with Gasteiger partial charge in [0.15, 0.2) is 0 Å². The number of benzene rings is 2. The van der Waals surface area contributed by atoms with E-state index in [1.807, 2.05) is 0 Å². The second-order valence-corrected chi connectivity index (χ2v) is 7.60. The maximum absolute atomic E-state index is 12.1. The van der Waals surface area contributed by atoms with Crippen molar-refractivity contribution >= 4 is 39.4 Å². The molecule has 0 atom stereocenters. The molecule has 0 saturated heterocycles. The Balaban J connectivity index is 2.08. The predicted octanol–water partition coefficient (Wildman–Crippen LogP) is 2.26. The number of carbonyl (C=O) groups is 1. The second-order valence-electron chi connectivity index (χ2n) is 5.28. The largest absolute Gasteiger partial charge is 0.497 e. The van der Waals surface area contributed by atoms with Crippen molar-refractivity contribution in [2.75, 3.05) is 24.2 Å². The summed E-state index contributed by atoms with van der Waals surface area (Å²) >= 11 is 5.99. The Hall–Kier alpha value is -2.58. The highest BCUT2D eigenvalue weighted by Gasteiger charge is 2.20. The molecule has 0 spiro atoms. The van der Waals surface area contributed by atoms with E-state index in [0.717, 1.165) is 10.6 Å². The van der Waals surface area contributed by atoms with Crippen LogP contribution in [-0.2, 0) is 14.8 Å². The van der Waals surface area contributed by atoms with Gasteiger partial charge in [0.2, 0.25) is 10.0 Å². The summed E-state index contributed by atoms with van der Waals surface area (Å²) in [5.74, 6) is -0.00876. The van der Waals surface area contributed by atoms with E-state index in [2.05, 4.69) is 10.5 Å². The molecule has 0 radical (unpaired) electrons. The van der Waals surface area contributed by atoms with Gasteiger partial charge in [0.05, 0.1) is 25.3 Å². The molecule has 138 valence electrons. The highest BCUT2D eigenvalue weighted by molar-refractivity contribution is 7.92. The smallest absolute Gasteiger partial charge is 0.260 e. The van der Waals surface area contributed by atoms with Gasteiger partial charge in [-0.1, -0.05) is 29.8 Å². The van der Waals surface area contributed by atoms with Gasteiger partial charge in [0, 0.05) is 10.6 Å². The Labute approximate surface area is 157 Å². The molecule has 0 heterocycles. The summed E-state index contributed by atoms with van der Waals surface area (Å²) in [5, 5.41) is 4.30. The van der Waals surface area contributed by atoms with Gasteiger partial charge in [0.1, 0.15) is 12.3 Å². The number of ether oxygens (including phenoxy) is 1. The van der Waals surface area contributed by atoms with E-state index in [1.54, 1.807) is 48.5 Å². The molecule has 0 aliphatic carbocycles. The first-order valence-corrected chi connectivity index (χ1v) is 9.72. The molecule has 26 heavy (non-hydrogen) atoms. The number of sulfonamides is 1. The number of nitrogens with zero attached hydrogens (tertiary/aromatic N) is 2. The number of rotatable bonds is 7. The van der Waals surface area contributed by atoms with E-state index in [0.29, 0.717) is 22.0 Å². The molecule has 9 heteroatoms. The molecule has 0 unspecified atom stereocenters. The van der Waals surface area contributed by atoms with Crippen LogP contribution in [0.4, 0.5) is 5.69 Å². The fraction of sp³-hybridized carbons (Fsp3) is 0.176. The molecule has 0 saturated carbocycles. The number of hydrazone groups is 1. The summed E-state index contributed by atoms with van der Waals surface area (Å²) < 4.78 is 30.1. The summed E-state index contributed by atoms with van der Waals surface area (Å²) in [6, 6.07) is 13.3. The number of carbonyl (C=O) groups excluding carboxylic acids is 1. The van der Waals surface area contributed by atoms with Gasteiger partial charge in [0.25, 0.3) is 5.91 Å². The SMILES string of the molecule is COc1ccc(N(CC(=O)N/N=C/c2ccccc2Cl)S(C)(=O)=O)cc1. The van der Waals surface area contributed by atoms with Crippen LogP contribution in [0.25, 0.3) is 0 Å². The lowest BCUT2D eigenvalue weighted by atomic mass is 10.2. The van der Waals surface area contributed by atoms with Gasteiger partial charge in [-0.15, -0.1) is 0 Å². The zero-order valence-corrected chi connectivity index (χ0v) is 15.8. The van der Waals surface area contributed by atoms with Gasteiger partial charge in [-0.2, -0.15) is 5.10 Å². The third-order valence-corrected chi connectivity index (χ3v) is 4.83. The van der Waals surface area contributed by atoms with Gasteiger partial charge in [-0.05, 0) is 30.3 Å². The summed E-state index contributed by atoms with van der Waals surface area (Å²) in [7, 11) is -2.15. The van der Waals surface area contributed by atoms with E-state index < -0.39 is 22.5 Å². The first-order chi connectivity index (χ1) is 12.3. The number of amides is 1. The van der Waals surface area contributed by atoms with Gasteiger partial charge >= 0.3 is 0 Å². The minimum Gasteiger partial charge on any atom is -0.497 e. The maximum atomic E-state index is 12.1. The lowest BCUT2D eigenvalue weighted by Gasteiger charge is -2.21. The van der Waals surface area contributed by atoms with Crippen LogP contribution in [0.1, 0.15) is 5.56 Å². The van der Waals surface area contributed by atoms with E-state index >= 15 is 0 Å². The molecule has 2 aromatic rings. The average Bonchev–Trinajstić information content (AvgIpc) is 2.60. The molecule has 1 amide bonds. The fourth-order valence-corrected chi connectivity index (χ4v) is 3.11. The van der Waals surface area contributed by atoms with Crippen LogP contribution in [0.3, 0.4) is 0 Å². The molecule has 0 aliphatic heterocycles. The fourth-order valence-electron chi connectivity index (χ4n) is 2.07. The molecule has 0 bridgehead atoms. The Kier molecular flexibility index (Phi) is 6.59. The summed E-state index contributed by atoms with van der Waals surface area (Å²) in [4.78, 5) is 12.1. The van der Waals surface area contributed by atoms with Crippen LogP contribution in [-0.4, -0.2) is 40.4 Å². The third-order valence-electron chi connectivity index (χ3n) is 3.35. The Morgan fingerprint density at radius 1 is 1.23 bits per heavy atom. The average molecular weight is 396 g/mol. The maximum Gasteiger partial charge on any atom is 0.260 e. The first kappa shape index (κ1) is 19.7. The van der Waals surface area contributed by atoms with Crippen LogP contribution >= 0.6 is 11.6 Å². The van der Waals surface area contributed by atoms with Crippen LogP contribution in [0, 0.1) is 0 Å². The predicted molar refractivity (Wildman–Crippen MR) is 102 cm³/mol. The first-order valence-electron chi connectivity index (χ1n) is 7.49. The highest BCUT2D eigenvalue weighted by atomic mass is 35.5. The highest BCUT2D eigenvalue weighted by Crippen LogP contribution is 2.21. The van der Waals surface area contributed by atoms with Crippen molar-refractivity contribution in [2.24, 2.45) is 5.10 Å². The molecule has 0 aromatic heterocycles.